The molecule has 5 nitrogen and oxygen atoms in total. The normalized spacial score (nSPS) is 9.59. The highest BCUT2D eigenvalue weighted by molar-refractivity contribution is 6.35. The molecular formula is C15H17Cl2NO4. The topological polar surface area (TPSA) is 77.8 Å². The maximum Gasteiger partial charge on any atom is 0.414 e. The number of carboxylic acid groups (broad SMARTS) is 2. The van der Waals surface area contributed by atoms with Crippen molar-refractivity contribution >= 4 is 35.1 Å². The molecule has 1 aromatic rings. The molecule has 0 spiro atoms. The Labute approximate surface area is 139 Å². The second-order valence-electron chi connectivity index (χ2n) is 4.12. The van der Waals surface area contributed by atoms with Crippen LogP contribution in [0.3, 0.4) is 0 Å². The molecule has 22 heavy (non-hydrogen) atoms. The highest BCUT2D eigenvalue weighted by Crippen LogP contribution is 2.22. The van der Waals surface area contributed by atoms with Gasteiger partial charge in [-0.25, -0.2) is 9.59 Å². The van der Waals surface area contributed by atoms with Gasteiger partial charge in [-0.15, -0.1) is 13.2 Å². The molecule has 2 N–H and O–H groups in total. The second kappa shape index (κ2) is 10.8. The molecule has 0 radical (unpaired) electrons. The van der Waals surface area contributed by atoms with Gasteiger partial charge < -0.3 is 10.2 Å². The van der Waals surface area contributed by atoms with E-state index < -0.39 is 11.9 Å². The average molecular weight is 346 g/mol. The maximum atomic E-state index is 9.10. The molecule has 0 saturated carbocycles. The number of hydrogen-bond donors (Lipinski definition) is 2. The molecule has 0 bridgehead atoms. The molecule has 0 fully saturated rings. The number of hydrogen-bond acceptors (Lipinski definition) is 3. The summed E-state index contributed by atoms with van der Waals surface area (Å²) in [6, 6.07) is 5.56. The van der Waals surface area contributed by atoms with Gasteiger partial charge in [0.05, 0.1) is 0 Å². The second-order valence-corrected chi connectivity index (χ2v) is 4.96. The number of benzene rings is 1. The highest BCUT2D eigenvalue weighted by atomic mass is 35.5. The molecule has 0 heterocycles. The fourth-order valence-electron chi connectivity index (χ4n) is 1.46. The Balaban J connectivity index is 0.000000626. The fourth-order valence-corrected chi connectivity index (χ4v) is 1.93. The van der Waals surface area contributed by atoms with E-state index in [1.165, 1.54) is 0 Å². The molecule has 1 rings (SSSR count). The van der Waals surface area contributed by atoms with Crippen molar-refractivity contribution in [1.29, 1.82) is 0 Å². The lowest BCUT2D eigenvalue weighted by Gasteiger charge is -2.19. The quantitative estimate of drug-likeness (QED) is 0.610. The van der Waals surface area contributed by atoms with E-state index in [-0.39, 0.29) is 0 Å². The van der Waals surface area contributed by atoms with Crippen molar-refractivity contribution < 1.29 is 19.8 Å². The number of rotatable bonds is 6. The van der Waals surface area contributed by atoms with Gasteiger partial charge in [0, 0.05) is 29.7 Å². The largest absolute Gasteiger partial charge is 0.473 e. The fraction of sp³-hybridized carbons (Fsp3) is 0.200. The van der Waals surface area contributed by atoms with Crippen molar-refractivity contribution in [3.63, 3.8) is 0 Å². The molecule has 1 aromatic carbocycles. The van der Waals surface area contributed by atoms with Crippen LogP contribution in [0, 0.1) is 0 Å². The molecule has 0 aliphatic heterocycles. The number of carbonyl (C=O) groups is 2. The predicted octanol–water partition coefficient (Wildman–Crippen LogP) is 3.32. The van der Waals surface area contributed by atoms with Gasteiger partial charge in [0.15, 0.2) is 0 Å². The Bertz CT molecular complexity index is 524. The van der Waals surface area contributed by atoms with Gasteiger partial charge >= 0.3 is 11.9 Å². The van der Waals surface area contributed by atoms with Crippen molar-refractivity contribution in [1.82, 2.24) is 4.90 Å². The van der Waals surface area contributed by atoms with Gasteiger partial charge in [0.25, 0.3) is 0 Å². The van der Waals surface area contributed by atoms with Crippen molar-refractivity contribution in [3.05, 3.63) is 59.1 Å². The van der Waals surface area contributed by atoms with Gasteiger partial charge in [-0.05, 0) is 17.7 Å². The lowest BCUT2D eigenvalue weighted by Crippen LogP contribution is -2.23. The molecule has 0 aliphatic carbocycles. The number of carboxylic acids is 2. The standard InChI is InChI=1S/C13H15Cl2N.C2H2O4/c1-3-7-16(8-4-2)10-11-5-6-12(14)9-13(11)15;3-1(4)2(5)6/h3-6,9H,1-2,7-8,10H2;(H,3,4)(H,5,6). The van der Waals surface area contributed by atoms with Gasteiger partial charge in [-0.3, -0.25) is 4.90 Å². The number of aliphatic carboxylic acids is 2. The highest BCUT2D eigenvalue weighted by Gasteiger charge is 2.06. The van der Waals surface area contributed by atoms with Crippen molar-refractivity contribution in [2.45, 2.75) is 6.54 Å². The Morgan fingerprint density at radius 1 is 1.09 bits per heavy atom. The van der Waals surface area contributed by atoms with E-state index >= 15 is 0 Å². The first kappa shape index (κ1) is 20.2. The lowest BCUT2D eigenvalue weighted by atomic mass is 10.2. The van der Waals surface area contributed by atoms with Crippen LogP contribution in [-0.4, -0.2) is 40.1 Å². The summed E-state index contributed by atoms with van der Waals surface area (Å²) >= 11 is 12.0. The van der Waals surface area contributed by atoms with E-state index in [1.807, 2.05) is 24.3 Å². The summed E-state index contributed by atoms with van der Waals surface area (Å²) in [5.74, 6) is -3.65. The lowest BCUT2D eigenvalue weighted by molar-refractivity contribution is -0.159. The van der Waals surface area contributed by atoms with Gasteiger partial charge in [-0.1, -0.05) is 41.4 Å². The summed E-state index contributed by atoms with van der Waals surface area (Å²) in [4.78, 5) is 20.4. The van der Waals surface area contributed by atoms with Crippen LogP contribution in [0.4, 0.5) is 0 Å². The third-order valence-electron chi connectivity index (χ3n) is 2.37. The van der Waals surface area contributed by atoms with E-state index in [1.54, 1.807) is 6.07 Å². The zero-order valence-corrected chi connectivity index (χ0v) is 13.3. The van der Waals surface area contributed by atoms with Gasteiger partial charge in [-0.2, -0.15) is 0 Å². The predicted molar refractivity (Wildman–Crippen MR) is 87.4 cm³/mol. The minimum Gasteiger partial charge on any atom is -0.473 e. The van der Waals surface area contributed by atoms with Crippen LogP contribution in [0.1, 0.15) is 5.56 Å². The molecule has 0 aromatic heterocycles. The Morgan fingerprint density at radius 3 is 1.95 bits per heavy atom. The van der Waals surface area contributed by atoms with Crippen LogP contribution in [-0.2, 0) is 16.1 Å². The average Bonchev–Trinajstić information content (AvgIpc) is 2.43. The third-order valence-corrected chi connectivity index (χ3v) is 2.95. The molecular weight excluding hydrogens is 329 g/mol. The first-order valence-electron chi connectivity index (χ1n) is 6.16. The molecule has 0 atom stereocenters. The van der Waals surface area contributed by atoms with Crippen molar-refractivity contribution in [2.75, 3.05) is 13.1 Å². The van der Waals surface area contributed by atoms with Crippen LogP contribution in [0.5, 0.6) is 0 Å². The molecule has 0 unspecified atom stereocenters. The molecule has 0 aliphatic rings. The summed E-state index contributed by atoms with van der Waals surface area (Å²) in [7, 11) is 0. The van der Waals surface area contributed by atoms with Crippen LogP contribution in [0.2, 0.25) is 10.0 Å². The minimum atomic E-state index is -1.82. The van der Waals surface area contributed by atoms with E-state index in [4.69, 9.17) is 43.0 Å². The Morgan fingerprint density at radius 2 is 1.59 bits per heavy atom. The summed E-state index contributed by atoms with van der Waals surface area (Å²) in [6.45, 7) is 9.85. The van der Waals surface area contributed by atoms with E-state index in [0.29, 0.717) is 10.0 Å². The molecule has 0 amide bonds. The van der Waals surface area contributed by atoms with Crippen LogP contribution in [0.15, 0.2) is 43.5 Å². The third kappa shape index (κ3) is 8.46. The minimum absolute atomic E-state index is 0.660. The van der Waals surface area contributed by atoms with Gasteiger partial charge in [0.1, 0.15) is 0 Å². The number of halogens is 2. The van der Waals surface area contributed by atoms with Crippen LogP contribution < -0.4 is 0 Å². The summed E-state index contributed by atoms with van der Waals surface area (Å²) in [5, 5.41) is 16.1. The molecule has 120 valence electrons. The zero-order valence-electron chi connectivity index (χ0n) is 11.8. The summed E-state index contributed by atoms with van der Waals surface area (Å²) < 4.78 is 0. The first-order valence-corrected chi connectivity index (χ1v) is 6.91. The smallest absolute Gasteiger partial charge is 0.414 e. The zero-order chi connectivity index (χ0) is 17.1. The van der Waals surface area contributed by atoms with Gasteiger partial charge in [0.2, 0.25) is 0 Å². The van der Waals surface area contributed by atoms with Crippen LogP contribution in [0.25, 0.3) is 0 Å². The first-order chi connectivity index (χ1) is 10.3. The van der Waals surface area contributed by atoms with Crippen LogP contribution >= 0.6 is 23.2 Å². The van der Waals surface area contributed by atoms with Crippen molar-refractivity contribution in [2.24, 2.45) is 0 Å². The van der Waals surface area contributed by atoms with E-state index in [9.17, 15) is 0 Å². The van der Waals surface area contributed by atoms with E-state index in [2.05, 4.69) is 18.1 Å². The number of nitrogens with zero attached hydrogens (tertiary/aromatic N) is 1. The van der Waals surface area contributed by atoms with E-state index in [0.717, 1.165) is 25.2 Å². The molecule has 7 heteroatoms. The maximum absolute atomic E-state index is 9.10. The van der Waals surface area contributed by atoms with Crippen molar-refractivity contribution in [3.8, 4) is 0 Å². The Kier molecular flexibility index (Phi) is 9.95. The molecule has 0 saturated heterocycles. The SMILES string of the molecule is C=CCN(CC=C)Cc1ccc(Cl)cc1Cl.O=C(O)C(=O)O. The monoisotopic (exact) mass is 345 g/mol. The summed E-state index contributed by atoms with van der Waals surface area (Å²) in [5.41, 5.74) is 1.06. The Hall–Kier alpha value is -1.82. The summed E-state index contributed by atoms with van der Waals surface area (Å²) in [6.07, 6.45) is 3.74.